The van der Waals surface area contributed by atoms with Crippen molar-refractivity contribution < 1.29 is 21.9 Å². The van der Waals surface area contributed by atoms with Gasteiger partial charge in [-0.25, -0.2) is 26.5 Å². The average molecular weight is 396 g/mol. The molecule has 1 heterocycles. The minimum Gasteiger partial charge on any atom is -0.497 e. The third-order valence-corrected chi connectivity index (χ3v) is 6.00. The maximum Gasteiger partial charge on any atom is 0.271 e. The molecule has 0 spiro atoms. The van der Waals surface area contributed by atoms with Crippen LogP contribution in [0.25, 0.3) is 0 Å². The van der Waals surface area contributed by atoms with Gasteiger partial charge in [0.1, 0.15) is 17.4 Å². The summed E-state index contributed by atoms with van der Waals surface area (Å²) in [5, 5.41) is 1.50. The van der Waals surface area contributed by atoms with Crippen LogP contribution in [-0.4, -0.2) is 20.5 Å². The molecule has 0 aliphatic rings. The van der Waals surface area contributed by atoms with Gasteiger partial charge in [-0.05, 0) is 29.8 Å². The van der Waals surface area contributed by atoms with Crippen molar-refractivity contribution in [3.8, 4) is 5.75 Å². The van der Waals surface area contributed by atoms with E-state index in [0.717, 1.165) is 22.5 Å². The molecule has 0 saturated heterocycles. The van der Waals surface area contributed by atoms with Gasteiger partial charge in [-0.3, -0.25) is 0 Å². The highest BCUT2D eigenvalue weighted by atomic mass is 32.2. The van der Waals surface area contributed by atoms with Gasteiger partial charge in [-0.15, -0.1) is 11.3 Å². The number of rotatable bonds is 6. The highest BCUT2D eigenvalue weighted by Crippen LogP contribution is 2.29. The number of halogens is 2. The van der Waals surface area contributed by atoms with Crippen molar-refractivity contribution in [1.82, 2.24) is 4.98 Å². The standard InChI is InChI=1S/C17H14F2N2O3S2/c1-24-13-7-5-12(6-8-13)9-21(16-10-25-11-20-16)26(22,23)17-14(18)3-2-4-15(17)19/h2-8,10-11H,9H2,1H3. The Labute approximate surface area is 153 Å². The molecule has 26 heavy (non-hydrogen) atoms. The number of benzene rings is 2. The van der Waals surface area contributed by atoms with Crippen molar-refractivity contribution in [2.45, 2.75) is 11.4 Å². The van der Waals surface area contributed by atoms with Crippen LogP contribution in [0.3, 0.4) is 0 Å². The van der Waals surface area contributed by atoms with Gasteiger partial charge in [0.15, 0.2) is 10.7 Å². The van der Waals surface area contributed by atoms with Crippen molar-refractivity contribution in [3.05, 3.63) is 70.6 Å². The Morgan fingerprint density at radius 2 is 1.77 bits per heavy atom. The molecule has 0 aliphatic carbocycles. The van der Waals surface area contributed by atoms with Crippen LogP contribution < -0.4 is 9.04 Å². The van der Waals surface area contributed by atoms with Gasteiger partial charge in [0.2, 0.25) is 0 Å². The largest absolute Gasteiger partial charge is 0.497 e. The van der Waals surface area contributed by atoms with E-state index < -0.39 is 26.6 Å². The molecule has 3 aromatic rings. The number of methoxy groups -OCH3 is 1. The average Bonchev–Trinajstić information content (AvgIpc) is 3.13. The molecule has 9 heteroatoms. The van der Waals surface area contributed by atoms with Crippen LogP contribution >= 0.6 is 11.3 Å². The minimum absolute atomic E-state index is 0.0912. The van der Waals surface area contributed by atoms with Gasteiger partial charge < -0.3 is 4.74 Å². The van der Waals surface area contributed by atoms with Gasteiger partial charge >= 0.3 is 0 Å². The summed E-state index contributed by atoms with van der Waals surface area (Å²) in [6.45, 7) is -0.135. The molecule has 0 unspecified atom stereocenters. The molecule has 0 bridgehead atoms. The van der Waals surface area contributed by atoms with Gasteiger partial charge in [0, 0.05) is 5.38 Å². The molecule has 3 rings (SSSR count). The number of thiazole rings is 1. The molecular formula is C17H14F2N2O3S2. The van der Waals surface area contributed by atoms with E-state index in [4.69, 9.17) is 4.74 Å². The molecule has 5 nitrogen and oxygen atoms in total. The maximum atomic E-state index is 14.1. The lowest BCUT2D eigenvalue weighted by Gasteiger charge is -2.23. The Balaban J connectivity index is 2.06. The van der Waals surface area contributed by atoms with Crippen molar-refractivity contribution in [2.75, 3.05) is 11.4 Å². The van der Waals surface area contributed by atoms with Crippen LogP contribution in [0.5, 0.6) is 5.75 Å². The van der Waals surface area contributed by atoms with E-state index >= 15 is 0 Å². The minimum atomic E-state index is -4.50. The number of anilines is 1. The second-order valence-corrected chi connectivity index (χ2v) is 7.78. The molecule has 0 N–H and O–H groups in total. The van der Waals surface area contributed by atoms with E-state index in [9.17, 15) is 17.2 Å². The molecular weight excluding hydrogens is 382 g/mol. The fourth-order valence-electron chi connectivity index (χ4n) is 2.35. The SMILES string of the molecule is COc1ccc(CN(c2cscn2)S(=O)(=O)c2c(F)cccc2F)cc1. The molecule has 0 radical (unpaired) electrons. The Kier molecular flexibility index (Phi) is 5.19. The third kappa shape index (κ3) is 3.54. The number of nitrogens with zero attached hydrogens (tertiary/aromatic N) is 2. The highest BCUT2D eigenvalue weighted by molar-refractivity contribution is 7.92. The number of aromatic nitrogens is 1. The lowest BCUT2D eigenvalue weighted by molar-refractivity contribution is 0.414. The van der Waals surface area contributed by atoms with E-state index in [-0.39, 0.29) is 12.4 Å². The van der Waals surface area contributed by atoms with Crippen LogP contribution in [0.1, 0.15) is 5.56 Å². The molecule has 0 atom stereocenters. The number of sulfonamides is 1. The second kappa shape index (κ2) is 7.38. The van der Waals surface area contributed by atoms with Gasteiger partial charge in [0.25, 0.3) is 10.0 Å². The van der Waals surface area contributed by atoms with Crippen molar-refractivity contribution >= 4 is 27.2 Å². The number of hydrogen-bond acceptors (Lipinski definition) is 5. The van der Waals surface area contributed by atoms with Crippen molar-refractivity contribution in [1.29, 1.82) is 0 Å². The first-order chi connectivity index (χ1) is 12.4. The van der Waals surface area contributed by atoms with E-state index in [1.165, 1.54) is 29.3 Å². The van der Waals surface area contributed by atoms with Crippen LogP contribution in [0.2, 0.25) is 0 Å². The Morgan fingerprint density at radius 1 is 1.12 bits per heavy atom. The first kappa shape index (κ1) is 18.3. The first-order valence-corrected chi connectivity index (χ1v) is 9.79. The predicted molar refractivity (Wildman–Crippen MR) is 94.8 cm³/mol. The van der Waals surface area contributed by atoms with Gasteiger partial charge in [0.05, 0.1) is 19.2 Å². The van der Waals surface area contributed by atoms with E-state index in [2.05, 4.69) is 4.98 Å². The molecule has 0 fully saturated rings. The van der Waals surface area contributed by atoms with Gasteiger partial charge in [-0.1, -0.05) is 18.2 Å². The topological polar surface area (TPSA) is 59.5 Å². The molecule has 0 aliphatic heterocycles. The number of hydrogen-bond donors (Lipinski definition) is 0. The zero-order valence-electron chi connectivity index (χ0n) is 13.6. The number of ether oxygens (including phenoxy) is 1. The zero-order valence-corrected chi connectivity index (χ0v) is 15.2. The summed E-state index contributed by atoms with van der Waals surface area (Å²) in [5.74, 6) is -1.61. The van der Waals surface area contributed by atoms with E-state index in [0.29, 0.717) is 11.3 Å². The summed E-state index contributed by atoms with van der Waals surface area (Å²) < 4.78 is 60.1. The Hall–Kier alpha value is -2.52. The lowest BCUT2D eigenvalue weighted by atomic mass is 10.2. The second-order valence-electron chi connectivity index (χ2n) is 5.26. The first-order valence-electron chi connectivity index (χ1n) is 7.41. The normalized spacial score (nSPS) is 11.3. The quantitative estimate of drug-likeness (QED) is 0.636. The van der Waals surface area contributed by atoms with E-state index in [1.807, 2.05) is 0 Å². The van der Waals surface area contributed by atoms with Crippen molar-refractivity contribution in [3.63, 3.8) is 0 Å². The highest BCUT2D eigenvalue weighted by Gasteiger charge is 2.32. The fourth-order valence-corrected chi connectivity index (χ4v) is 4.48. The monoisotopic (exact) mass is 396 g/mol. The molecule has 0 saturated carbocycles. The Bertz CT molecular complexity index is 971. The summed E-state index contributed by atoms with van der Waals surface area (Å²) in [4.78, 5) is 2.99. The molecule has 2 aromatic carbocycles. The molecule has 1 aromatic heterocycles. The summed E-state index contributed by atoms with van der Waals surface area (Å²) in [7, 11) is -2.99. The lowest BCUT2D eigenvalue weighted by Crippen LogP contribution is -2.32. The predicted octanol–water partition coefficient (Wildman–Crippen LogP) is 3.83. The van der Waals surface area contributed by atoms with Crippen LogP contribution in [0.15, 0.2) is 58.3 Å². The van der Waals surface area contributed by atoms with Crippen molar-refractivity contribution in [2.24, 2.45) is 0 Å². The zero-order chi connectivity index (χ0) is 18.7. The molecule has 0 amide bonds. The Morgan fingerprint density at radius 3 is 2.31 bits per heavy atom. The summed E-state index contributed by atoms with van der Waals surface area (Å²) >= 11 is 1.18. The smallest absolute Gasteiger partial charge is 0.271 e. The maximum absolute atomic E-state index is 14.1. The fraction of sp³-hybridized carbons (Fsp3) is 0.118. The van der Waals surface area contributed by atoms with Crippen LogP contribution in [0.4, 0.5) is 14.6 Å². The summed E-state index contributed by atoms with van der Waals surface area (Å²) in [6, 6.07) is 9.61. The van der Waals surface area contributed by atoms with Gasteiger partial charge in [-0.2, -0.15) is 0 Å². The van der Waals surface area contributed by atoms with E-state index in [1.54, 1.807) is 24.3 Å². The summed E-state index contributed by atoms with van der Waals surface area (Å²) in [6.07, 6.45) is 0. The van der Waals surface area contributed by atoms with Crippen LogP contribution in [-0.2, 0) is 16.6 Å². The third-order valence-electron chi connectivity index (χ3n) is 3.63. The summed E-state index contributed by atoms with van der Waals surface area (Å²) in [5.41, 5.74) is 2.06. The molecule has 136 valence electrons. The van der Waals surface area contributed by atoms with Crippen LogP contribution in [0, 0.1) is 11.6 Å².